The first-order valence-corrected chi connectivity index (χ1v) is 7.67. The number of nitrogens with zero attached hydrogens (tertiary/aromatic N) is 4. The molecule has 1 aliphatic carbocycles. The largest absolute Gasteiger partial charge is 0.481 e. The van der Waals surface area contributed by atoms with E-state index in [1.54, 1.807) is 13.2 Å². The first-order valence-electron chi connectivity index (χ1n) is 6.88. The molecule has 0 saturated heterocycles. The van der Waals surface area contributed by atoms with Crippen LogP contribution < -0.4 is 10.5 Å². The molecule has 1 fully saturated rings. The summed E-state index contributed by atoms with van der Waals surface area (Å²) in [5, 5.41) is 0. The summed E-state index contributed by atoms with van der Waals surface area (Å²) in [6, 6.07) is 1.71. The number of aromatic nitrogens is 4. The molecule has 2 heterocycles. The molecule has 3 rings (SSSR count). The van der Waals surface area contributed by atoms with Crippen molar-refractivity contribution in [3.05, 3.63) is 22.6 Å². The zero-order chi connectivity index (χ0) is 14.8. The van der Waals surface area contributed by atoms with Crippen LogP contribution in [-0.4, -0.2) is 27.0 Å². The van der Waals surface area contributed by atoms with E-state index in [-0.39, 0.29) is 0 Å². The van der Waals surface area contributed by atoms with Crippen molar-refractivity contribution in [2.24, 2.45) is 0 Å². The molecule has 0 bridgehead atoms. The van der Waals surface area contributed by atoms with E-state index in [1.807, 2.05) is 0 Å². The Kier molecular flexibility index (Phi) is 4.01. The molecule has 0 aromatic carbocycles. The lowest BCUT2D eigenvalue weighted by atomic mass is 10.0. The monoisotopic (exact) mass is 349 g/mol. The Bertz CT molecular complexity index is 658. The molecule has 2 aromatic heterocycles. The van der Waals surface area contributed by atoms with Crippen LogP contribution in [0.1, 0.15) is 37.3 Å². The summed E-state index contributed by atoms with van der Waals surface area (Å²) < 4.78 is 5.92. The number of hydrogen-bond acceptors (Lipinski definition) is 6. The van der Waals surface area contributed by atoms with Gasteiger partial charge in [0, 0.05) is 12.0 Å². The van der Waals surface area contributed by atoms with Crippen molar-refractivity contribution in [3.8, 4) is 17.4 Å². The van der Waals surface area contributed by atoms with Gasteiger partial charge in [-0.15, -0.1) is 0 Å². The summed E-state index contributed by atoms with van der Waals surface area (Å²) in [6.45, 7) is 0. The van der Waals surface area contributed by atoms with Crippen LogP contribution in [0.4, 0.5) is 5.82 Å². The predicted octanol–water partition coefficient (Wildman–Crippen LogP) is 2.94. The molecule has 1 saturated carbocycles. The van der Waals surface area contributed by atoms with Crippen LogP contribution in [0.2, 0.25) is 0 Å². The minimum absolute atomic E-state index is 0.437. The Morgan fingerprint density at radius 1 is 1.24 bits per heavy atom. The summed E-state index contributed by atoms with van der Waals surface area (Å²) in [5.41, 5.74) is 7.61. The van der Waals surface area contributed by atoms with Crippen LogP contribution in [0.5, 0.6) is 5.88 Å². The van der Waals surface area contributed by atoms with E-state index in [1.165, 1.54) is 19.2 Å². The quantitative estimate of drug-likeness (QED) is 0.916. The normalized spacial score (nSPS) is 15.3. The second kappa shape index (κ2) is 5.93. The number of methoxy groups -OCH3 is 1. The molecule has 0 atom stereocenters. The number of ether oxygens (including phenoxy) is 1. The maximum atomic E-state index is 6.02. The van der Waals surface area contributed by atoms with Gasteiger partial charge in [-0.05, 0) is 28.8 Å². The number of nitrogens with two attached hydrogens (primary N) is 1. The fraction of sp³-hybridized carbons (Fsp3) is 0.429. The van der Waals surface area contributed by atoms with Gasteiger partial charge in [0.2, 0.25) is 5.88 Å². The van der Waals surface area contributed by atoms with Crippen LogP contribution >= 0.6 is 15.9 Å². The van der Waals surface area contributed by atoms with Gasteiger partial charge in [-0.25, -0.2) is 19.9 Å². The van der Waals surface area contributed by atoms with Crippen molar-refractivity contribution < 1.29 is 4.74 Å². The van der Waals surface area contributed by atoms with E-state index < -0.39 is 0 Å². The van der Waals surface area contributed by atoms with Gasteiger partial charge in [0.15, 0.2) is 5.82 Å². The van der Waals surface area contributed by atoms with Crippen LogP contribution in [-0.2, 0) is 0 Å². The highest BCUT2D eigenvalue weighted by Crippen LogP contribution is 2.38. The molecule has 7 heteroatoms. The minimum Gasteiger partial charge on any atom is -0.481 e. The molecular weight excluding hydrogens is 334 g/mol. The second-order valence-electron chi connectivity index (χ2n) is 5.06. The topological polar surface area (TPSA) is 86.8 Å². The second-order valence-corrected chi connectivity index (χ2v) is 5.85. The smallest absolute Gasteiger partial charge is 0.216 e. The van der Waals surface area contributed by atoms with Crippen molar-refractivity contribution in [2.75, 3.05) is 12.8 Å². The van der Waals surface area contributed by atoms with Crippen molar-refractivity contribution >= 4 is 21.7 Å². The van der Waals surface area contributed by atoms with Gasteiger partial charge in [-0.3, -0.25) is 0 Å². The molecule has 0 spiro atoms. The SMILES string of the molecule is COc1cc(-c2nc(N)c(Br)c(C3CCCC3)n2)ncn1. The van der Waals surface area contributed by atoms with Crippen LogP contribution in [0.3, 0.4) is 0 Å². The van der Waals surface area contributed by atoms with Gasteiger partial charge in [0.1, 0.15) is 17.8 Å². The van der Waals surface area contributed by atoms with E-state index in [2.05, 4.69) is 35.9 Å². The highest BCUT2D eigenvalue weighted by atomic mass is 79.9. The molecule has 21 heavy (non-hydrogen) atoms. The predicted molar refractivity (Wildman–Crippen MR) is 82.9 cm³/mol. The summed E-state index contributed by atoms with van der Waals surface area (Å²) >= 11 is 3.52. The van der Waals surface area contributed by atoms with Crippen molar-refractivity contribution in [2.45, 2.75) is 31.6 Å². The number of anilines is 1. The van der Waals surface area contributed by atoms with E-state index >= 15 is 0 Å². The van der Waals surface area contributed by atoms with Gasteiger partial charge in [0.05, 0.1) is 17.3 Å². The molecular formula is C14H16BrN5O. The van der Waals surface area contributed by atoms with Crippen molar-refractivity contribution in [3.63, 3.8) is 0 Å². The maximum absolute atomic E-state index is 6.02. The summed E-state index contributed by atoms with van der Waals surface area (Å²) in [5.74, 6) is 1.87. The van der Waals surface area contributed by atoms with Crippen LogP contribution in [0.15, 0.2) is 16.9 Å². The van der Waals surface area contributed by atoms with E-state index in [0.717, 1.165) is 23.0 Å². The molecule has 2 N–H and O–H groups in total. The van der Waals surface area contributed by atoms with E-state index in [9.17, 15) is 0 Å². The summed E-state index contributed by atoms with van der Waals surface area (Å²) in [6.07, 6.45) is 6.18. The lowest BCUT2D eigenvalue weighted by Crippen LogP contribution is -2.06. The van der Waals surface area contributed by atoms with Crippen LogP contribution in [0, 0.1) is 0 Å². The van der Waals surface area contributed by atoms with E-state index in [4.69, 9.17) is 10.5 Å². The van der Waals surface area contributed by atoms with Gasteiger partial charge < -0.3 is 10.5 Å². The number of rotatable bonds is 3. The average Bonchev–Trinajstić information content (AvgIpc) is 3.04. The first kappa shape index (κ1) is 14.2. The molecule has 0 radical (unpaired) electrons. The van der Waals surface area contributed by atoms with Crippen LogP contribution in [0.25, 0.3) is 11.5 Å². The zero-order valence-corrected chi connectivity index (χ0v) is 13.3. The molecule has 0 unspecified atom stereocenters. The Morgan fingerprint density at radius 3 is 2.71 bits per heavy atom. The summed E-state index contributed by atoms with van der Waals surface area (Å²) in [4.78, 5) is 17.2. The highest BCUT2D eigenvalue weighted by molar-refractivity contribution is 9.10. The minimum atomic E-state index is 0.437. The van der Waals surface area contributed by atoms with E-state index in [0.29, 0.717) is 29.1 Å². The maximum Gasteiger partial charge on any atom is 0.216 e. The third-order valence-corrected chi connectivity index (χ3v) is 4.54. The molecule has 2 aromatic rings. The third kappa shape index (κ3) is 2.83. The lowest BCUT2D eigenvalue weighted by Gasteiger charge is -2.13. The molecule has 1 aliphatic rings. The fourth-order valence-corrected chi connectivity index (χ4v) is 3.14. The van der Waals surface area contributed by atoms with Crippen molar-refractivity contribution in [1.29, 1.82) is 0 Å². The lowest BCUT2D eigenvalue weighted by molar-refractivity contribution is 0.397. The fourth-order valence-electron chi connectivity index (χ4n) is 2.64. The van der Waals surface area contributed by atoms with Gasteiger partial charge in [0.25, 0.3) is 0 Å². The Labute approximate surface area is 131 Å². The Morgan fingerprint density at radius 2 is 2.00 bits per heavy atom. The molecule has 6 nitrogen and oxygen atoms in total. The summed E-state index contributed by atoms with van der Waals surface area (Å²) in [7, 11) is 1.56. The number of hydrogen-bond donors (Lipinski definition) is 1. The molecule has 0 amide bonds. The first-order chi connectivity index (χ1) is 10.2. The average molecular weight is 350 g/mol. The standard InChI is InChI=1S/C14H16BrN5O/c1-21-10-6-9(17-7-18-10)14-19-12(8-4-2-3-5-8)11(15)13(16)20-14/h6-8H,2-5H2,1H3,(H2,16,19,20). The number of halogens is 1. The number of nitrogen functional groups attached to an aromatic ring is 1. The van der Waals surface area contributed by atoms with Crippen molar-refractivity contribution in [1.82, 2.24) is 19.9 Å². The zero-order valence-electron chi connectivity index (χ0n) is 11.7. The highest BCUT2D eigenvalue weighted by Gasteiger charge is 2.23. The Balaban J connectivity index is 2.06. The van der Waals surface area contributed by atoms with Gasteiger partial charge >= 0.3 is 0 Å². The van der Waals surface area contributed by atoms with Gasteiger partial charge in [-0.1, -0.05) is 12.8 Å². The third-order valence-electron chi connectivity index (χ3n) is 3.72. The molecule has 110 valence electrons. The molecule has 0 aliphatic heterocycles. The van der Waals surface area contributed by atoms with Gasteiger partial charge in [-0.2, -0.15) is 0 Å². The Hall–Kier alpha value is -1.76.